The molecule has 106 valence electrons. The van der Waals surface area contributed by atoms with Crippen molar-refractivity contribution in [1.29, 1.82) is 0 Å². The van der Waals surface area contributed by atoms with Crippen molar-refractivity contribution in [3.8, 4) is 5.75 Å². The SMILES string of the molecule is CCC(NC(=O)CNC(C)C)c1ccccc1OC. The van der Waals surface area contributed by atoms with Gasteiger partial charge in [0.15, 0.2) is 0 Å². The highest BCUT2D eigenvalue weighted by Crippen LogP contribution is 2.26. The van der Waals surface area contributed by atoms with Crippen LogP contribution < -0.4 is 15.4 Å². The molecule has 0 aliphatic rings. The number of benzene rings is 1. The van der Waals surface area contributed by atoms with Gasteiger partial charge in [-0.25, -0.2) is 0 Å². The van der Waals surface area contributed by atoms with E-state index in [4.69, 9.17) is 4.74 Å². The van der Waals surface area contributed by atoms with E-state index in [0.717, 1.165) is 17.7 Å². The molecule has 0 aliphatic carbocycles. The second-order valence-corrected chi connectivity index (χ2v) is 4.81. The molecule has 0 heterocycles. The summed E-state index contributed by atoms with van der Waals surface area (Å²) >= 11 is 0. The quantitative estimate of drug-likeness (QED) is 0.794. The van der Waals surface area contributed by atoms with E-state index in [-0.39, 0.29) is 11.9 Å². The van der Waals surface area contributed by atoms with Crippen molar-refractivity contribution >= 4 is 5.91 Å². The lowest BCUT2D eigenvalue weighted by Crippen LogP contribution is -2.38. The topological polar surface area (TPSA) is 50.4 Å². The van der Waals surface area contributed by atoms with Gasteiger partial charge in [-0.3, -0.25) is 4.79 Å². The molecule has 1 aromatic carbocycles. The van der Waals surface area contributed by atoms with Gasteiger partial charge >= 0.3 is 0 Å². The summed E-state index contributed by atoms with van der Waals surface area (Å²) in [6.45, 7) is 6.42. The van der Waals surface area contributed by atoms with Crippen LogP contribution in [0.25, 0.3) is 0 Å². The summed E-state index contributed by atoms with van der Waals surface area (Å²) in [6.07, 6.45) is 0.827. The van der Waals surface area contributed by atoms with Gasteiger partial charge in [-0.1, -0.05) is 39.0 Å². The lowest BCUT2D eigenvalue weighted by atomic mass is 10.0. The maximum Gasteiger partial charge on any atom is 0.234 e. The van der Waals surface area contributed by atoms with Crippen LogP contribution in [0.15, 0.2) is 24.3 Å². The van der Waals surface area contributed by atoms with Crippen LogP contribution in [0.3, 0.4) is 0 Å². The van der Waals surface area contributed by atoms with E-state index in [1.165, 1.54) is 0 Å². The van der Waals surface area contributed by atoms with Crippen molar-refractivity contribution in [3.63, 3.8) is 0 Å². The van der Waals surface area contributed by atoms with Crippen molar-refractivity contribution in [2.75, 3.05) is 13.7 Å². The molecular weight excluding hydrogens is 240 g/mol. The standard InChI is InChI=1S/C15H24N2O2/c1-5-13(17-15(18)10-16-11(2)3)12-8-6-7-9-14(12)19-4/h6-9,11,13,16H,5,10H2,1-4H3,(H,17,18). The molecule has 4 nitrogen and oxygen atoms in total. The van der Waals surface area contributed by atoms with E-state index in [1.807, 2.05) is 45.0 Å². The Morgan fingerprint density at radius 3 is 2.58 bits per heavy atom. The smallest absolute Gasteiger partial charge is 0.234 e. The van der Waals surface area contributed by atoms with Gasteiger partial charge in [0.25, 0.3) is 0 Å². The highest BCUT2D eigenvalue weighted by molar-refractivity contribution is 5.78. The molecular formula is C15H24N2O2. The number of carbonyl (C=O) groups excluding carboxylic acids is 1. The number of methoxy groups -OCH3 is 1. The minimum Gasteiger partial charge on any atom is -0.496 e. The number of para-hydroxylation sites is 1. The summed E-state index contributed by atoms with van der Waals surface area (Å²) in [5, 5.41) is 6.14. The normalized spacial score (nSPS) is 12.3. The molecule has 0 saturated heterocycles. The molecule has 19 heavy (non-hydrogen) atoms. The van der Waals surface area contributed by atoms with E-state index >= 15 is 0 Å². The summed E-state index contributed by atoms with van der Waals surface area (Å²) in [5.74, 6) is 0.818. The molecule has 1 amide bonds. The van der Waals surface area contributed by atoms with Gasteiger partial charge in [-0.2, -0.15) is 0 Å². The first-order valence-electron chi connectivity index (χ1n) is 6.74. The van der Waals surface area contributed by atoms with Crippen molar-refractivity contribution in [2.24, 2.45) is 0 Å². The molecule has 4 heteroatoms. The van der Waals surface area contributed by atoms with Crippen LogP contribution in [0.2, 0.25) is 0 Å². The first kappa shape index (κ1) is 15.5. The molecule has 1 unspecified atom stereocenters. The Morgan fingerprint density at radius 2 is 2.00 bits per heavy atom. The Morgan fingerprint density at radius 1 is 1.32 bits per heavy atom. The average molecular weight is 264 g/mol. The van der Waals surface area contributed by atoms with Crippen molar-refractivity contribution in [3.05, 3.63) is 29.8 Å². The van der Waals surface area contributed by atoms with Crippen LogP contribution in [0, 0.1) is 0 Å². The van der Waals surface area contributed by atoms with Crippen molar-refractivity contribution in [2.45, 2.75) is 39.3 Å². The van der Waals surface area contributed by atoms with Gasteiger partial charge in [-0.05, 0) is 12.5 Å². The number of carbonyl (C=O) groups is 1. The van der Waals surface area contributed by atoms with Crippen LogP contribution in [0.1, 0.15) is 38.8 Å². The third-order valence-electron chi connectivity index (χ3n) is 2.93. The minimum absolute atomic E-state index is 0.00598. The number of amides is 1. The molecule has 0 radical (unpaired) electrons. The summed E-state index contributed by atoms with van der Waals surface area (Å²) in [5.41, 5.74) is 1.02. The Hall–Kier alpha value is -1.55. The molecule has 0 bridgehead atoms. The first-order valence-corrected chi connectivity index (χ1v) is 6.74. The monoisotopic (exact) mass is 264 g/mol. The largest absolute Gasteiger partial charge is 0.496 e. The van der Waals surface area contributed by atoms with Crippen LogP contribution in [-0.4, -0.2) is 25.6 Å². The van der Waals surface area contributed by atoms with Gasteiger partial charge in [0.1, 0.15) is 5.75 Å². The van der Waals surface area contributed by atoms with E-state index in [2.05, 4.69) is 10.6 Å². The number of ether oxygens (including phenoxy) is 1. The fourth-order valence-electron chi connectivity index (χ4n) is 1.90. The maximum absolute atomic E-state index is 11.9. The van der Waals surface area contributed by atoms with Gasteiger partial charge in [-0.15, -0.1) is 0 Å². The van der Waals surface area contributed by atoms with Gasteiger partial charge in [0, 0.05) is 11.6 Å². The molecule has 0 spiro atoms. The molecule has 1 rings (SSSR count). The summed E-state index contributed by atoms with van der Waals surface area (Å²) in [4.78, 5) is 11.9. The number of hydrogen-bond acceptors (Lipinski definition) is 3. The zero-order chi connectivity index (χ0) is 14.3. The highest BCUT2D eigenvalue weighted by Gasteiger charge is 2.16. The Balaban J connectivity index is 2.70. The average Bonchev–Trinajstić information content (AvgIpc) is 2.42. The predicted octanol–water partition coefficient (Wildman–Crippen LogP) is 2.26. The fourth-order valence-corrected chi connectivity index (χ4v) is 1.90. The second-order valence-electron chi connectivity index (χ2n) is 4.81. The zero-order valence-electron chi connectivity index (χ0n) is 12.2. The van der Waals surface area contributed by atoms with Gasteiger partial charge in [0.2, 0.25) is 5.91 Å². The van der Waals surface area contributed by atoms with Gasteiger partial charge < -0.3 is 15.4 Å². The number of nitrogens with one attached hydrogen (secondary N) is 2. The molecule has 2 N–H and O–H groups in total. The Labute approximate surface area is 115 Å². The molecule has 1 atom stereocenters. The van der Waals surface area contributed by atoms with Gasteiger partial charge in [0.05, 0.1) is 19.7 Å². The number of rotatable bonds is 7. The van der Waals surface area contributed by atoms with E-state index in [9.17, 15) is 4.79 Å². The van der Waals surface area contributed by atoms with Crippen LogP contribution in [0.4, 0.5) is 0 Å². The van der Waals surface area contributed by atoms with Crippen LogP contribution in [0.5, 0.6) is 5.75 Å². The molecule has 0 aliphatic heterocycles. The molecule has 1 aromatic rings. The highest BCUT2D eigenvalue weighted by atomic mass is 16.5. The van der Waals surface area contributed by atoms with Crippen LogP contribution >= 0.6 is 0 Å². The summed E-state index contributed by atoms with van der Waals surface area (Å²) in [7, 11) is 1.65. The Bertz CT molecular complexity index is 405. The van der Waals surface area contributed by atoms with E-state index in [0.29, 0.717) is 12.6 Å². The lowest BCUT2D eigenvalue weighted by Gasteiger charge is -2.20. The molecule has 0 fully saturated rings. The first-order chi connectivity index (χ1) is 9.08. The fraction of sp³-hybridized carbons (Fsp3) is 0.533. The summed E-state index contributed by atoms with van der Waals surface area (Å²) in [6, 6.07) is 8.07. The third-order valence-corrected chi connectivity index (χ3v) is 2.93. The summed E-state index contributed by atoms with van der Waals surface area (Å²) < 4.78 is 5.34. The Kier molecular flexibility index (Phi) is 6.36. The number of hydrogen-bond donors (Lipinski definition) is 2. The van der Waals surface area contributed by atoms with Crippen LogP contribution in [-0.2, 0) is 4.79 Å². The van der Waals surface area contributed by atoms with Crippen molar-refractivity contribution < 1.29 is 9.53 Å². The van der Waals surface area contributed by atoms with Crippen molar-refractivity contribution in [1.82, 2.24) is 10.6 Å². The predicted molar refractivity (Wildman–Crippen MR) is 77.3 cm³/mol. The lowest BCUT2D eigenvalue weighted by molar-refractivity contribution is -0.121. The minimum atomic E-state index is -0.0161. The van der Waals surface area contributed by atoms with E-state index < -0.39 is 0 Å². The molecule has 0 aromatic heterocycles. The maximum atomic E-state index is 11.9. The molecule has 0 saturated carbocycles. The third kappa shape index (κ3) is 4.91. The van der Waals surface area contributed by atoms with E-state index in [1.54, 1.807) is 7.11 Å². The second kappa shape index (κ2) is 7.79. The zero-order valence-corrected chi connectivity index (χ0v) is 12.2.